The van der Waals surface area contributed by atoms with Gasteiger partial charge < -0.3 is 4.90 Å². The molecule has 2 nitrogen and oxygen atoms in total. The summed E-state index contributed by atoms with van der Waals surface area (Å²) >= 11 is 3.93. The minimum atomic E-state index is -0.0550. The second kappa shape index (κ2) is 4.89. The average molecular weight is 201 g/mol. The number of hydrogen-bond acceptors (Lipinski definition) is 1. The molecule has 0 aromatic heterocycles. The lowest BCUT2D eigenvalue weighted by atomic mass is 9.98. The summed E-state index contributed by atoms with van der Waals surface area (Å²) in [6.45, 7) is 5.25. The van der Waals surface area contributed by atoms with E-state index in [1.807, 2.05) is 4.90 Å². The van der Waals surface area contributed by atoms with E-state index in [1.165, 1.54) is 12.8 Å². The van der Waals surface area contributed by atoms with Crippen molar-refractivity contribution >= 4 is 17.9 Å². The Bertz CT molecular complexity index is 182. The number of likely N-dealkylation sites (tertiary alicyclic amines) is 1. The molecule has 0 N–H and O–H groups in total. The van der Waals surface area contributed by atoms with Crippen molar-refractivity contribution in [1.82, 2.24) is 4.90 Å². The predicted molar refractivity (Wildman–Crippen MR) is 58.2 cm³/mol. The summed E-state index contributed by atoms with van der Waals surface area (Å²) < 4.78 is 0. The van der Waals surface area contributed by atoms with E-state index in [1.54, 1.807) is 0 Å². The predicted octanol–water partition coefficient (Wildman–Crippen LogP) is 2.94. The van der Waals surface area contributed by atoms with Gasteiger partial charge in [0, 0.05) is 12.6 Å². The van der Waals surface area contributed by atoms with Gasteiger partial charge in [0.05, 0.1) is 0 Å². The first-order chi connectivity index (χ1) is 6.13. The topological polar surface area (TPSA) is 20.3 Å². The number of nitrogens with zero attached hydrogens (tertiary/aromatic N) is 1. The molecule has 0 bridgehead atoms. The zero-order chi connectivity index (χ0) is 9.84. The molecule has 1 rings (SSSR count). The molecule has 1 unspecified atom stereocenters. The van der Waals surface area contributed by atoms with Crippen molar-refractivity contribution < 1.29 is 4.79 Å². The zero-order valence-electron chi connectivity index (χ0n) is 8.49. The molecule has 0 aliphatic carbocycles. The number of carbonyl (C=O) groups excluding carboxylic acids is 1. The van der Waals surface area contributed by atoms with Crippen LogP contribution < -0.4 is 0 Å². The summed E-state index contributed by atoms with van der Waals surface area (Å²) in [5.41, 5.74) is 0. The molecule has 13 heavy (non-hydrogen) atoms. The molecule has 1 atom stereocenters. The summed E-state index contributed by atoms with van der Waals surface area (Å²) in [6.07, 6.45) is 4.78. The van der Waals surface area contributed by atoms with Crippen LogP contribution in [0.15, 0.2) is 0 Å². The Morgan fingerprint density at radius 3 is 2.62 bits per heavy atom. The van der Waals surface area contributed by atoms with Gasteiger partial charge in [-0.25, -0.2) is 0 Å². The van der Waals surface area contributed by atoms with Gasteiger partial charge in [0.1, 0.15) is 0 Å². The third-order valence-corrected chi connectivity index (χ3v) is 3.07. The van der Waals surface area contributed by atoms with E-state index in [0.717, 1.165) is 19.4 Å². The van der Waals surface area contributed by atoms with Gasteiger partial charge in [-0.1, -0.05) is 39.3 Å². The first-order valence-electron chi connectivity index (χ1n) is 5.12. The van der Waals surface area contributed by atoms with E-state index >= 15 is 0 Å². The van der Waals surface area contributed by atoms with Crippen LogP contribution in [0.1, 0.15) is 39.5 Å². The lowest BCUT2D eigenvalue weighted by Gasteiger charge is -2.31. The van der Waals surface area contributed by atoms with Gasteiger partial charge >= 0.3 is 0 Å². The number of hydrogen-bond donors (Lipinski definition) is 1. The molecule has 0 aromatic carbocycles. The van der Waals surface area contributed by atoms with Gasteiger partial charge in [0.15, 0.2) is 0 Å². The Morgan fingerprint density at radius 1 is 1.38 bits per heavy atom. The molecule has 1 aliphatic heterocycles. The van der Waals surface area contributed by atoms with E-state index < -0.39 is 0 Å². The fourth-order valence-electron chi connectivity index (χ4n) is 2.06. The van der Waals surface area contributed by atoms with Gasteiger partial charge in [-0.3, -0.25) is 4.79 Å². The van der Waals surface area contributed by atoms with Crippen molar-refractivity contribution in [3.63, 3.8) is 0 Å². The number of thiol groups is 1. The van der Waals surface area contributed by atoms with Crippen LogP contribution in [0.4, 0.5) is 4.79 Å². The second-order valence-electron chi connectivity index (χ2n) is 4.14. The van der Waals surface area contributed by atoms with E-state index in [0.29, 0.717) is 12.0 Å². The fourth-order valence-corrected chi connectivity index (χ4v) is 2.31. The second-order valence-corrected chi connectivity index (χ2v) is 4.52. The highest BCUT2D eigenvalue weighted by atomic mass is 32.1. The zero-order valence-corrected chi connectivity index (χ0v) is 9.39. The van der Waals surface area contributed by atoms with Crippen LogP contribution in [0.2, 0.25) is 0 Å². The lowest BCUT2D eigenvalue weighted by Crippen LogP contribution is -2.40. The first-order valence-corrected chi connectivity index (χ1v) is 5.57. The van der Waals surface area contributed by atoms with E-state index in [2.05, 4.69) is 26.5 Å². The van der Waals surface area contributed by atoms with Gasteiger partial charge in [-0.2, -0.15) is 0 Å². The van der Waals surface area contributed by atoms with Crippen molar-refractivity contribution in [2.24, 2.45) is 5.92 Å². The van der Waals surface area contributed by atoms with Gasteiger partial charge in [0.25, 0.3) is 5.24 Å². The van der Waals surface area contributed by atoms with Crippen molar-refractivity contribution in [1.29, 1.82) is 0 Å². The van der Waals surface area contributed by atoms with Gasteiger partial charge in [-0.05, 0) is 18.8 Å². The van der Waals surface area contributed by atoms with Crippen LogP contribution >= 0.6 is 12.6 Å². The van der Waals surface area contributed by atoms with Crippen LogP contribution in [-0.2, 0) is 0 Å². The summed E-state index contributed by atoms with van der Waals surface area (Å²) in [4.78, 5) is 13.2. The Balaban J connectivity index is 2.66. The fraction of sp³-hybridized carbons (Fsp3) is 0.900. The molecule has 1 heterocycles. The van der Waals surface area contributed by atoms with Crippen LogP contribution in [0.5, 0.6) is 0 Å². The third kappa shape index (κ3) is 2.90. The highest BCUT2D eigenvalue weighted by Crippen LogP contribution is 2.23. The third-order valence-electron chi connectivity index (χ3n) is 2.81. The van der Waals surface area contributed by atoms with Crippen LogP contribution in [0, 0.1) is 5.92 Å². The Kier molecular flexibility index (Phi) is 4.10. The van der Waals surface area contributed by atoms with Crippen LogP contribution in [0.3, 0.4) is 0 Å². The average Bonchev–Trinajstić information content (AvgIpc) is 2.27. The summed E-state index contributed by atoms with van der Waals surface area (Å²) in [5.74, 6) is 0.550. The first kappa shape index (κ1) is 10.9. The molecule has 76 valence electrons. The summed E-state index contributed by atoms with van der Waals surface area (Å²) in [5, 5.41) is -0.0550. The summed E-state index contributed by atoms with van der Waals surface area (Å²) in [7, 11) is 0. The molecule has 3 heteroatoms. The highest BCUT2D eigenvalue weighted by molar-refractivity contribution is 7.96. The maximum Gasteiger partial charge on any atom is 0.278 e. The maximum atomic E-state index is 11.3. The largest absolute Gasteiger partial charge is 0.331 e. The molecule has 0 saturated carbocycles. The smallest absolute Gasteiger partial charge is 0.278 e. The molecule has 1 saturated heterocycles. The minimum Gasteiger partial charge on any atom is -0.331 e. The molecule has 0 radical (unpaired) electrons. The van der Waals surface area contributed by atoms with Crippen molar-refractivity contribution in [2.45, 2.75) is 45.6 Å². The minimum absolute atomic E-state index is 0.0550. The number of amides is 1. The molecule has 1 aliphatic rings. The monoisotopic (exact) mass is 201 g/mol. The van der Waals surface area contributed by atoms with Crippen molar-refractivity contribution in [3.8, 4) is 0 Å². The highest BCUT2D eigenvalue weighted by Gasteiger charge is 2.25. The quantitative estimate of drug-likeness (QED) is 0.647. The van der Waals surface area contributed by atoms with E-state index in [9.17, 15) is 4.79 Å². The van der Waals surface area contributed by atoms with E-state index in [4.69, 9.17) is 0 Å². The Hall–Kier alpha value is -0.180. The van der Waals surface area contributed by atoms with Crippen LogP contribution in [0.25, 0.3) is 0 Å². The van der Waals surface area contributed by atoms with Gasteiger partial charge in [-0.15, -0.1) is 0 Å². The molecular weight excluding hydrogens is 182 g/mol. The van der Waals surface area contributed by atoms with Crippen molar-refractivity contribution in [3.05, 3.63) is 0 Å². The number of carbonyl (C=O) groups is 1. The van der Waals surface area contributed by atoms with Gasteiger partial charge in [0.2, 0.25) is 0 Å². The molecule has 1 amide bonds. The normalized spacial score (nSPS) is 24.6. The number of rotatable bonds is 1. The lowest BCUT2D eigenvalue weighted by molar-refractivity contribution is 0.179. The molecule has 0 aromatic rings. The summed E-state index contributed by atoms with van der Waals surface area (Å²) in [6, 6.07) is 0.410. The standard InChI is InChI=1S/C10H19NOS/c1-8(2)9-6-4-3-5-7-11(9)10(12)13/h8-9H,3-7H2,1-2H3,(H,12,13). The molecular formula is C10H19NOS. The molecule has 0 spiro atoms. The Morgan fingerprint density at radius 2 is 2.08 bits per heavy atom. The van der Waals surface area contributed by atoms with E-state index in [-0.39, 0.29) is 5.24 Å². The van der Waals surface area contributed by atoms with Crippen molar-refractivity contribution in [2.75, 3.05) is 6.54 Å². The maximum absolute atomic E-state index is 11.3. The molecule has 1 fully saturated rings. The Labute approximate surface area is 86.1 Å². The van der Waals surface area contributed by atoms with Crippen LogP contribution in [-0.4, -0.2) is 22.7 Å². The SMILES string of the molecule is CC(C)C1CCCCCN1C(=O)S.